The van der Waals surface area contributed by atoms with Crippen LogP contribution in [0.1, 0.15) is 6.42 Å². The summed E-state index contributed by atoms with van der Waals surface area (Å²) >= 11 is 0. The maximum atomic E-state index is 12.7. The van der Waals surface area contributed by atoms with E-state index in [-0.39, 0.29) is 31.0 Å². The molecule has 0 heterocycles. The van der Waals surface area contributed by atoms with Crippen LogP contribution in [0.25, 0.3) is 0 Å². The number of nitrogens with one attached hydrogen (secondary N) is 1. The second-order valence-electron chi connectivity index (χ2n) is 3.97. The Bertz CT molecular complexity index is 377. The summed E-state index contributed by atoms with van der Waals surface area (Å²) in [5, 5.41) is 11.5. The van der Waals surface area contributed by atoms with E-state index in [2.05, 4.69) is 5.32 Å². The Morgan fingerprint density at radius 3 is 2.68 bits per heavy atom. The standard InChI is InChI=1S/C13H18FNO4/c1-18-8-11(6-7-16)15-13(17)9-19-12-4-2-10(14)3-5-12/h2-5,11,16H,6-9H2,1H3,(H,15,17). The lowest BCUT2D eigenvalue weighted by Crippen LogP contribution is -2.41. The molecule has 0 aliphatic carbocycles. The van der Waals surface area contributed by atoms with Gasteiger partial charge in [0.05, 0.1) is 12.6 Å². The average Bonchev–Trinajstić information content (AvgIpc) is 2.39. The van der Waals surface area contributed by atoms with E-state index >= 15 is 0 Å². The zero-order chi connectivity index (χ0) is 14.1. The van der Waals surface area contributed by atoms with Gasteiger partial charge in [0.25, 0.3) is 5.91 Å². The van der Waals surface area contributed by atoms with E-state index in [1.54, 1.807) is 0 Å². The number of aliphatic hydroxyl groups excluding tert-OH is 1. The molecular formula is C13H18FNO4. The fourth-order valence-electron chi connectivity index (χ4n) is 1.50. The molecule has 1 aromatic carbocycles. The van der Waals surface area contributed by atoms with Crippen molar-refractivity contribution in [3.05, 3.63) is 30.1 Å². The molecule has 6 heteroatoms. The monoisotopic (exact) mass is 271 g/mol. The van der Waals surface area contributed by atoms with Crippen LogP contribution in [-0.2, 0) is 9.53 Å². The van der Waals surface area contributed by atoms with Gasteiger partial charge < -0.3 is 19.9 Å². The Balaban J connectivity index is 2.35. The maximum absolute atomic E-state index is 12.7. The van der Waals surface area contributed by atoms with Crippen molar-refractivity contribution in [2.24, 2.45) is 0 Å². The molecule has 1 atom stereocenters. The Hall–Kier alpha value is -1.66. The molecule has 0 fully saturated rings. The summed E-state index contributed by atoms with van der Waals surface area (Å²) in [6, 6.07) is 5.16. The number of carbonyl (C=O) groups is 1. The molecule has 1 rings (SSSR count). The largest absolute Gasteiger partial charge is 0.484 e. The highest BCUT2D eigenvalue weighted by Crippen LogP contribution is 2.10. The topological polar surface area (TPSA) is 67.8 Å². The number of aliphatic hydroxyl groups is 1. The molecule has 106 valence electrons. The lowest BCUT2D eigenvalue weighted by molar-refractivity contribution is -0.124. The molecule has 0 saturated heterocycles. The second kappa shape index (κ2) is 8.44. The number of halogens is 1. The summed E-state index contributed by atoms with van der Waals surface area (Å²) < 4.78 is 22.8. The van der Waals surface area contributed by atoms with E-state index in [1.165, 1.54) is 31.4 Å². The van der Waals surface area contributed by atoms with E-state index in [9.17, 15) is 9.18 Å². The first-order valence-corrected chi connectivity index (χ1v) is 5.93. The molecule has 0 radical (unpaired) electrons. The highest BCUT2D eigenvalue weighted by molar-refractivity contribution is 5.77. The van der Waals surface area contributed by atoms with Crippen molar-refractivity contribution in [3.63, 3.8) is 0 Å². The smallest absolute Gasteiger partial charge is 0.258 e. The summed E-state index contributed by atoms with van der Waals surface area (Å²) in [7, 11) is 1.52. The first-order chi connectivity index (χ1) is 9.15. The minimum Gasteiger partial charge on any atom is -0.484 e. The molecule has 0 saturated carbocycles. The predicted molar refractivity (Wildman–Crippen MR) is 67.4 cm³/mol. The normalized spacial score (nSPS) is 11.9. The van der Waals surface area contributed by atoms with Gasteiger partial charge in [-0.05, 0) is 30.7 Å². The number of ether oxygens (including phenoxy) is 2. The van der Waals surface area contributed by atoms with Crippen LogP contribution in [-0.4, -0.2) is 44.0 Å². The van der Waals surface area contributed by atoms with Crippen LogP contribution in [0.4, 0.5) is 4.39 Å². The molecule has 2 N–H and O–H groups in total. The highest BCUT2D eigenvalue weighted by Gasteiger charge is 2.12. The van der Waals surface area contributed by atoms with Gasteiger partial charge in [0, 0.05) is 13.7 Å². The number of methoxy groups -OCH3 is 1. The van der Waals surface area contributed by atoms with Crippen LogP contribution < -0.4 is 10.1 Å². The van der Waals surface area contributed by atoms with Gasteiger partial charge >= 0.3 is 0 Å². The SMILES string of the molecule is COCC(CCO)NC(=O)COc1ccc(F)cc1. The summed E-state index contributed by atoms with van der Waals surface area (Å²) in [5.74, 6) is -0.262. The lowest BCUT2D eigenvalue weighted by atomic mass is 10.2. The number of hydrogen-bond acceptors (Lipinski definition) is 4. The van der Waals surface area contributed by atoms with Crippen LogP contribution in [0.3, 0.4) is 0 Å². The van der Waals surface area contributed by atoms with Crippen LogP contribution in [0, 0.1) is 5.82 Å². The summed E-state index contributed by atoms with van der Waals surface area (Å²) in [6.45, 7) is 0.118. The van der Waals surface area contributed by atoms with Crippen molar-refractivity contribution in [1.29, 1.82) is 0 Å². The van der Waals surface area contributed by atoms with Crippen LogP contribution >= 0.6 is 0 Å². The third kappa shape index (κ3) is 6.17. The molecule has 19 heavy (non-hydrogen) atoms. The number of amides is 1. The number of rotatable bonds is 8. The predicted octanol–water partition coefficient (Wildman–Crippen LogP) is 0.718. The first kappa shape index (κ1) is 15.4. The zero-order valence-electron chi connectivity index (χ0n) is 10.8. The van der Waals surface area contributed by atoms with Gasteiger partial charge in [-0.1, -0.05) is 0 Å². The molecule has 1 amide bonds. The van der Waals surface area contributed by atoms with E-state index in [1.807, 2.05) is 0 Å². The van der Waals surface area contributed by atoms with Gasteiger partial charge in [0.15, 0.2) is 6.61 Å². The Labute approximate surface area is 111 Å². The highest BCUT2D eigenvalue weighted by atomic mass is 19.1. The molecule has 0 bridgehead atoms. The third-order valence-corrected chi connectivity index (χ3v) is 2.39. The molecule has 1 aromatic rings. The van der Waals surface area contributed by atoms with E-state index < -0.39 is 0 Å². The molecule has 0 aliphatic heterocycles. The van der Waals surface area contributed by atoms with Crippen LogP contribution in [0.2, 0.25) is 0 Å². The van der Waals surface area contributed by atoms with Gasteiger partial charge in [0.1, 0.15) is 11.6 Å². The molecular weight excluding hydrogens is 253 g/mol. The minimum absolute atomic E-state index is 0.0346. The van der Waals surface area contributed by atoms with Gasteiger partial charge in [0.2, 0.25) is 0 Å². The number of hydrogen-bond donors (Lipinski definition) is 2. The third-order valence-electron chi connectivity index (χ3n) is 2.39. The quantitative estimate of drug-likeness (QED) is 0.731. The molecule has 0 spiro atoms. The summed E-state index contributed by atoms with van der Waals surface area (Å²) in [4.78, 5) is 11.6. The van der Waals surface area contributed by atoms with Crippen molar-refractivity contribution in [1.82, 2.24) is 5.32 Å². The molecule has 1 unspecified atom stereocenters. The Morgan fingerprint density at radius 1 is 1.42 bits per heavy atom. The van der Waals surface area contributed by atoms with Gasteiger partial charge in [-0.3, -0.25) is 4.79 Å². The van der Waals surface area contributed by atoms with Crippen LogP contribution in [0.15, 0.2) is 24.3 Å². The summed E-state index contributed by atoms with van der Waals surface area (Å²) in [6.07, 6.45) is 0.413. The number of carbonyl (C=O) groups excluding carboxylic acids is 1. The van der Waals surface area contributed by atoms with E-state index in [4.69, 9.17) is 14.6 Å². The minimum atomic E-state index is -0.361. The molecule has 5 nitrogen and oxygen atoms in total. The molecule has 0 aliphatic rings. The fourth-order valence-corrected chi connectivity index (χ4v) is 1.50. The Kier molecular flexibility index (Phi) is 6.84. The van der Waals surface area contributed by atoms with Crippen molar-refractivity contribution < 1.29 is 23.8 Å². The average molecular weight is 271 g/mol. The van der Waals surface area contributed by atoms with Gasteiger partial charge in [-0.25, -0.2) is 4.39 Å². The zero-order valence-corrected chi connectivity index (χ0v) is 10.8. The van der Waals surface area contributed by atoms with Crippen LogP contribution in [0.5, 0.6) is 5.75 Å². The lowest BCUT2D eigenvalue weighted by Gasteiger charge is -2.16. The number of benzene rings is 1. The van der Waals surface area contributed by atoms with Crippen molar-refractivity contribution in [3.8, 4) is 5.75 Å². The first-order valence-electron chi connectivity index (χ1n) is 5.93. The van der Waals surface area contributed by atoms with Gasteiger partial charge in [-0.2, -0.15) is 0 Å². The Morgan fingerprint density at radius 2 is 2.11 bits per heavy atom. The van der Waals surface area contributed by atoms with Crippen molar-refractivity contribution >= 4 is 5.91 Å². The van der Waals surface area contributed by atoms with E-state index in [0.717, 1.165) is 0 Å². The maximum Gasteiger partial charge on any atom is 0.258 e. The summed E-state index contributed by atoms with van der Waals surface area (Å²) in [5.41, 5.74) is 0. The van der Waals surface area contributed by atoms with Crippen molar-refractivity contribution in [2.45, 2.75) is 12.5 Å². The molecule has 0 aromatic heterocycles. The fraction of sp³-hybridized carbons (Fsp3) is 0.462. The van der Waals surface area contributed by atoms with Crippen molar-refractivity contribution in [2.75, 3.05) is 26.9 Å². The van der Waals surface area contributed by atoms with Gasteiger partial charge in [-0.15, -0.1) is 0 Å². The van der Waals surface area contributed by atoms with E-state index in [0.29, 0.717) is 18.8 Å². The second-order valence-corrected chi connectivity index (χ2v) is 3.97.